The third-order valence-corrected chi connectivity index (χ3v) is 10.5. The van der Waals surface area contributed by atoms with Crippen LogP contribution in [0.2, 0.25) is 5.02 Å². The standard InChI is InChI=1S/C33H38ClN3O8S2/c1-19(22-8-7-9-25(29(22)34)45-21-12-13-36(32(39)40)27(15-21)33(2,3)4)44-26-16-28(46-30(26)31(38)43-5)37-18-35-23-11-10-20(14-24(23)37)17-47(6,41)42/h7-11,14,16,18-19,21,27H,12-13,15,17H2,1-6H3,(H,39,40)/t19-,21?,27?/m1/s1. The van der Waals surface area contributed by atoms with Gasteiger partial charge < -0.3 is 24.2 Å². The number of rotatable bonds is 9. The molecule has 1 aliphatic rings. The van der Waals surface area contributed by atoms with Crippen molar-refractivity contribution >= 4 is 55.9 Å². The van der Waals surface area contributed by atoms with Crippen LogP contribution in [0.25, 0.3) is 16.0 Å². The molecule has 3 atom stereocenters. The Morgan fingerprint density at radius 3 is 2.57 bits per heavy atom. The molecule has 2 aromatic heterocycles. The van der Waals surface area contributed by atoms with Crippen LogP contribution in [-0.4, -0.2) is 72.1 Å². The van der Waals surface area contributed by atoms with Crippen LogP contribution < -0.4 is 9.47 Å². The van der Waals surface area contributed by atoms with E-state index in [1.807, 2.05) is 39.8 Å². The number of esters is 1. The van der Waals surface area contributed by atoms with E-state index in [1.54, 1.807) is 41.2 Å². The second-order valence-electron chi connectivity index (χ2n) is 12.8. The highest BCUT2D eigenvalue weighted by molar-refractivity contribution is 7.89. The molecule has 4 aromatic rings. The van der Waals surface area contributed by atoms with Crippen molar-refractivity contribution in [2.45, 2.75) is 64.5 Å². The molecule has 1 amide bonds. The first-order valence-electron chi connectivity index (χ1n) is 15.0. The van der Waals surface area contributed by atoms with Gasteiger partial charge in [0.15, 0.2) is 14.7 Å². The van der Waals surface area contributed by atoms with Crippen LogP contribution in [0.1, 0.15) is 67.4 Å². The summed E-state index contributed by atoms with van der Waals surface area (Å²) >= 11 is 8.04. The number of ether oxygens (including phenoxy) is 3. The molecule has 1 N–H and O–H groups in total. The first-order valence-corrected chi connectivity index (χ1v) is 18.3. The molecule has 2 unspecified atom stereocenters. The highest BCUT2D eigenvalue weighted by atomic mass is 35.5. The molecule has 47 heavy (non-hydrogen) atoms. The minimum atomic E-state index is -3.24. The molecule has 0 saturated carbocycles. The van der Waals surface area contributed by atoms with Crippen LogP contribution in [0.4, 0.5) is 4.79 Å². The minimum Gasteiger partial charge on any atom is -0.489 e. The van der Waals surface area contributed by atoms with Gasteiger partial charge >= 0.3 is 12.1 Å². The van der Waals surface area contributed by atoms with E-state index < -0.39 is 28.0 Å². The van der Waals surface area contributed by atoms with Crippen LogP contribution in [0.3, 0.4) is 0 Å². The molecule has 1 saturated heterocycles. The second-order valence-corrected chi connectivity index (χ2v) is 16.4. The molecule has 5 rings (SSSR count). The summed E-state index contributed by atoms with van der Waals surface area (Å²) in [6.07, 6.45) is 2.09. The van der Waals surface area contributed by atoms with Crippen molar-refractivity contribution in [2.75, 3.05) is 19.9 Å². The van der Waals surface area contributed by atoms with E-state index >= 15 is 0 Å². The molecule has 11 nitrogen and oxygen atoms in total. The van der Waals surface area contributed by atoms with Crippen LogP contribution in [0.15, 0.2) is 48.8 Å². The predicted octanol–water partition coefficient (Wildman–Crippen LogP) is 7.15. The SMILES string of the molecule is COC(=O)c1sc(-n2cnc3ccc(CS(C)(=O)=O)cc32)cc1O[C@H](C)c1cccc(OC2CCN(C(=O)O)C(C(C)(C)C)C2)c1Cl. The van der Waals surface area contributed by atoms with Gasteiger partial charge in [0, 0.05) is 43.3 Å². The van der Waals surface area contributed by atoms with E-state index in [4.69, 9.17) is 25.8 Å². The van der Waals surface area contributed by atoms with E-state index in [1.165, 1.54) is 18.3 Å². The minimum absolute atomic E-state index is 0.111. The quantitative estimate of drug-likeness (QED) is 0.180. The summed E-state index contributed by atoms with van der Waals surface area (Å²) in [6.45, 7) is 8.24. The number of fused-ring (bicyclic) bond motifs is 1. The van der Waals surface area contributed by atoms with Crippen LogP contribution >= 0.6 is 22.9 Å². The van der Waals surface area contributed by atoms with Crippen LogP contribution in [-0.2, 0) is 20.3 Å². The Labute approximate surface area is 282 Å². The average molecular weight is 704 g/mol. The largest absolute Gasteiger partial charge is 0.489 e. The number of likely N-dealkylation sites (tertiary alicyclic amines) is 1. The van der Waals surface area contributed by atoms with Gasteiger partial charge in [0.1, 0.15) is 35.0 Å². The zero-order chi connectivity index (χ0) is 34.3. The van der Waals surface area contributed by atoms with Gasteiger partial charge in [-0.1, -0.05) is 50.6 Å². The summed E-state index contributed by atoms with van der Waals surface area (Å²) in [5.74, 6) is 0.0694. The number of thiophene rings is 1. The molecule has 1 aliphatic heterocycles. The molecule has 0 bridgehead atoms. The molecular formula is C33H38ClN3O8S2. The van der Waals surface area contributed by atoms with Crippen molar-refractivity contribution in [1.82, 2.24) is 14.5 Å². The van der Waals surface area contributed by atoms with E-state index in [-0.39, 0.29) is 33.9 Å². The van der Waals surface area contributed by atoms with Gasteiger partial charge in [-0.3, -0.25) is 4.57 Å². The summed E-state index contributed by atoms with van der Waals surface area (Å²) in [7, 11) is -1.95. The van der Waals surface area contributed by atoms with Crippen molar-refractivity contribution in [3.05, 3.63) is 69.8 Å². The molecule has 14 heteroatoms. The summed E-state index contributed by atoms with van der Waals surface area (Å²) in [4.78, 5) is 30.9. The third kappa shape index (κ3) is 7.68. The van der Waals surface area contributed by atoms with Crippen molar-refractivity contribution in [3.63, 3.8) is 0 Å². The molecule has 3 heterocycles. The normalized spacial score (nSPS) is 17.8. The van der Waals surface area contributed by atoms with E-state index in [0.29, 0.717) is 57.3 Å². The Kier molecular flexibility index (Phi) is 9.82. The summed E-state index contributed by atoms with van der Waals surface area (Å²) in [5, 5.41) is 10.7. The maximum absolute atomic E-state index is 12.8. The smallest absolute Gasteiger partial charge is 0.407 e. The number of carbonyl (C=O) groups excluding carboxylic acids is 1. The number of halogens is 1. The molecule has 0 spiro atoms. The van der Waals surface area contributed by atoms with Gasteiger partial charge in [0.2, 0.25) is 0 Å². The highest BCUT2D eigenvalue weighted by Gasteiger charge is 2.39. The average Bonchev–Trinajstić information content (AvgIpc) is 3.60. The van der Waals surface area contributed by atoms with Gasteiger partial charge in [-0.15, -0.1) is 11.3 Å². The van der Waals surface area contributed by atoms with E-state index in [0.717, 1.165) is 11.3 Å². The number of hydrogen-bond donors (Lipinski definition) is 1. The Balaban J connectivity index is 1.40. The second kappa shape index (κ2) is 13.4. The summed E-state index contributed by atoms with van der Waals surface area (Å²) < 4.78 is 43.4. The zero-order valence-corrected chi connectivity index (χ0v) is 29.4. The van der Waals surface area contributed by atoms with Crippen molar-refractivity contribution < 1.29 is 37.3 Å². The van der Waals surface area contributed by atoms with Crippen LogP contribution in [0, 0.1) is 5.41 Å². The maximum Gasteiger partial charge on any atom is 0.407 e. The molecule has 0 aliphatic carbocycles. The fraction of sp³-hybridized carbons (Fsp3) is 0.424. The number of carbonyl (C=O) groups is 2. The van der Waals surface area contributed by atoms with Gasteiger partial charge in [-0.25, -0.2) is 23.0 Å². The number of hydrogen-bond acceptors (Lipinski definition) is 9. The lowest BCUT2D eigenvalue weighted by Crippen LogP contribution is -2.53. The van der Waals surface area contributed by atoms with Crippen molar-refractivity contribution in [2.24, 2.45) is 5.41 Å². The van der Waals surface area contributed by atoms with E-state index in [9.17, 15) is 23.1 Å². The Morgan fingerprint density at radius 1 is 1.17 bits per heavy atom. The number of amides is 1. The van der Waals surface area contributed by atoms with E-state index in [2.05, 4.69) is 4.98 Å². The molecule has 0 radical (unpaired) electrons. The number of nitrogens with zero attached hydrogens (tertiary/aromatic N) is 3. The first kappa shape index (κ1) is 34.5. The molecule has 1 fully saturated rings. The Morgan fingerprint density at radius 2 is 1.91 bits per heavy atom. The Hall–Kier alpha value is -3.81. The lowest BCUT2D eigenvalue weighted by Gasteiger charge is -2.44. The lowest BCUT2D eigenvalue weighted by molar-refractivity contribution is 0.0130. The highest BCUT2D eigenvalue weighted by Crippen LogP contribution is 2.41. The third-order valence-electron chi connectivity index (χ3n) is 8.16. The summed E-state index contributed by atoms with van der Waals surface area (Å²) in [6, 6.07) is 12.2. The van der Waals surface area contributed by atoms with Gasteiger partial charge in [0.05, 0.1) is 28.9 Å². The maximum atomic E-state index is 12.8. The number of imidazole rings is 1. The topological polar surface area (TPSA) is 137 Å². The lowest BCUT2D eigenvalue weighted by atomic mass is 9.80. The monoisotopic (exact) mass is 703 g/mol. The number of aromatic nitrogens is 2. The van der Waals surface area contributed by atoms with Crippen LogP contribution in [0.5, 0.6) is 11.5 Å². The fourth-order valence-corrected chi connectivity index (χ4v) is 7.98. The molecule has 252 valence electrons. The zero-order valence-electron chi connectivity index (χ0n) is 27.0. The van der Waals surface area contributed by atoms with Crippen molar-refractivity contribution in [3.8, 4) is 16.5 Å². The number of sulfone groups is 1. The number of benzene rings is 2. The predicted molar refractivity (Wildman–Crippen MR) is 181 cm³/mol. The van der Waals surface area contributed by atoms with Gasteiger partial charge in [0.25, 0.3) is 0 Å². The van der Waals surface area contributed by atoms with Gasteiger partial charge in [-0.05, 0) is 36.1 Å². The number of methoxy groups -OCH3 is 1. The number of piperidine rings is 1. The Bertz CT molecular complexity index is 1910. The molecule has 2 aromatic carbocycles. The fourth-order valence-electron chi connectivity index (χ4n) is 5.88. The number of carboxylic acid groups (broad SMARTS) is 1. The molecular weight excluding hydrogens is 666 g/mol. The summed E-state index contributed by atoms with van der Waals surface area (Å²) in [5.41, 5.74) is 2.33. The first-order chi connectivity index (χ1) is 22.1. The van der Waals surface area contributed by atoms with Gasteiger partial charge in [-0.2, -0.15) is 0 Å². The van der Waals surface area contributed by atoms with Crippen molar-refractivity contribution in [1.29, 1.82) is 0 Å².